The summed E-state index contributed by atoms with van der Waals surface area (Å²) in [4.78, 5) is 10.4. The van der Waals surface area contributed by atoms with E-state index in [1.165, 1.54) is 0 Å². The van der Waals surface area contributed by atoms with Crippen molar-refractivity contribution in [1.82, 2.24) is 16.0 Å². The normalized spacial score (nSPS) is 15.7. The van der Waals surface area contributed by atoms with Crippen LogP contribution < -0.4 is 11.0 Å². The number of nitrogens with zero attached hydrogens (tertiary/aromatic N) is 1. The number of carboxylic acids is 1. The fourth-order valence-corrected chi connectivity index (χ4v) is 2.39. The van der Waals surface area contributed by atoms with Crippen LogP contribution in [0.5, 0.6) is 0 Å². The molecule has 86 valence electrons. The minimum Gasteiger partial charge on any atom is -0.481 e. The highest BCUT2D eigenvalue weighted by Crippen LogP contribution is 2.16. The van der Waals surface area contributed by atoms with E-state index in [0.29, 0.717) is 13.0 Å². The Balaban J connectivity index is 2.43. The molecule has 0 saturated heterocycles. The van der Waals surface area contributed by atoms with Crippen LogP contribution in [0.25, 0.3) is 0 Å². The van der Waals surface area contributed by atoms with E-state index in [9.17, 15) is 4.79 Å². The zero-order valence-corrected chi connectivity index (χ0v) is 11.3. The zero-order chi connectivity index (χ0) is 11.3. The molecule has 0 bridgehead atoms. The van der Waals surface area contributed by atoms with E-state index in [0.717, 1.165) is 22.1 Å². The van der Waals surface area contributed by atoms with Crippen molar-refractivity contribution in [2.24, 2.45) is 0 Å². The van der Waals surface area contributed by atoms with Gasteiger partial charge < -0.3 is 10.5 Å². The second kappa shape index (κ2) is 6.34. The van der Waals surface area contributed by atoms with Crippen LogP contribution >= 0.6 is 31.9 Å². The first-order valence-corrected chi connectivity index (χ1v) is 6.78. The van der Waals surface area contributed by atoms with Crippen LogP contribution in [-0.4, -0.2) is 33.3 Å². The van der Waals surface area contributed by atoms with E-state index < -0.39 is 5.97 Å². The minimum atomic E-state index is -0.757. The molecule has 3 N–H and O–H groups in total. The van der Waals surface area contributed by atoms with Crippen LogP contribution in [-0.2, 0) is 4.79 Å². The summed E-state index contributed by atoms with van der Waals surface area (Å²) in [5, 5.41) is 11.9. The first kappa shape index (κ1) is 12.8. The first-order valence-electron chi connectivity index (χ1n) is 4.54. The monoisotopic (exact) mass is 341 g/mol. The molecule has 1 aliphatic heterocycles. The summed E-state index contributed by atoms with van der Waals surface area (Å²) in [5.41, 5.74) is 8.20. The zero-order valence-electron chi connectivity index (χ0n) is 8.09. The maximum absolute atomic E-state index is 10.4. The SMILES string of the molecule is O=C(O)CCCN1NNC(CBr)=C1CBr. The molecule has 1 rings (SSSR count). The molecular formula is C8H13Br2N3O2. The quantitative estimate of drug-likeness (QED) is 0.632. The third-order valence-corrected chi connectivity index (χ3v) is 3.14. The van der Waals surface area contributed by atoms with Gasteiger partial charge in [0.05, 0.1) is 11.4 Å². The smallest absolute Gasteiger partial charge is 0.303 e. The Labute approximate surface area is 105 Å². The van der Waals surface area contributed by atoms with Crippen LogP contribution in [0.2, 0.25) is 0 Å². The summed E-state index contributed by atoms with van der Waals surface area (Å²) >= 11 is 6.78. The third kappa shape index (κ3) is 3.66. The van der Waals surface area contributed by atoms with Crippen molar-refractivity contribution in [1.29, 1.82) is 0 Å². The molecule has 0 aromatic heterocycles. The molecule has 15 heavy (non-hydrogen) atoms. The minimum absolute atomic E-state index is 0.192. The van der Waals surface area contributed by atoms with Gasteiger partial charge in [0.1, 0.15) is 0 Å². The molecule has 0 saturated carbocycles. The molecule has 7 heteroatoms. The Morgan fingerprint density at radius 1 is 1.40 bits per heavy atom. The van der Waals surface area contributed by atoms with E-state index in [-0.39, 0.29) is 6.42 Å². The number of allylic oxidation sites excluding steroid dienone is 2. The Hall–Kier alpha value is -0.270. The molecule has 0 aromatic carbocycles. The second-order valence-electron chi connectivity index (χ2n) is 3.08. The summed E-state index contributed by atoms with van der Waals surface area (Å²) in [6, 6.07) is 0. The molecule has 0 amide bonds. The fourth-order valence-electron chi connectivity index (χ4n) is 1.28. The summed E-state index contributed by atoms with van der Waals surface area (Å²) in [7, 11) is 0. The number of alkyl halides is 2. The number of nitrogens with one attached hydrogen (secondary N) is 2. The maximum Gasteiger partial charge on any atom is 0.303 e. The van der Waals surface area contributed by atoms with Gasteiger partial charge in [-0.05, 0) is 6.42 Å². The highest BCUT2D eigenvalue weighted by Gasteiger charge is 2.19. The van der Waals surface area contributed by atoms with Gasteiger partial charge >= 0.3 is 5.97 Å². The average molecular weight is 343 g/mol. The number of halogens is 2. The van der Waals surface area contributed by atoms with Gasteiger partial charge in [0, 0.05) is 23.6 Å². The van der Waals surface area contributed by atoms with Gasteiger partial charge in [-0.15, -0.1) is 5.53 Å². The number of carboxylic acid groups (broad SMARTS) is 1. The van der Waals surface area contributed by atoms with Crippen LogP contribution in [0.15, 0.2) is 11.4 Å². The van der Waals surface area contributed by atoms with Crippen LogP contribution in [0.3, 0.4) is 0 Å². The van der Waals surface area contributed by atoms with Crippen molar-refractivity contribution < 1.29 is 9.90 Å². The largest absolute Gasteiger partial charge is 0.481 e. The van der Waals surface area contributed by atoms with E-state index in [2.05, 4.69) is 42.8 Å². The lowest BCUT2D eigenvalue weighted by Gasteiger charge is -2.19. The highest BCUT2D eigenvalue weighted by atomic mass is 79.9. The Kier molecular flexibility index (Phi) is 5.41. The number of rotatable bonds is 6. The molecule has 0 aliphatic carbocycles. The number of hydrogen-bond acceptors (Lipinski definition) is 4. The number of carbonyl (C=O) groups is 1. The molecule has 1 aliphatic rings. The Bertz CT molecular complexity index is 271. The van der Waals surface area contributed by atoms with Gasteiger partial charge in [-0.25, -0.2) is 0 Å². The van der Waals surface area contributed by atoms with Crippen molar-refractivity contribution in [3.05, 3.63) is 11.4 Å². The van der Waals surface area contributed by atoms with Crippen LogP contribution in [0.1, 0.15) is 12.8 Å². The Morgan fingerprint density at radius 2 is 2.13 bits per heavy atom. The van der Waals surface area contributed by atoms with Crippen LogP contribution in [0.4, 0.5) is 0 Å². The Morgan fingerprint density at radius 3 is 2.67 bits per heavy atom. The summed E-state index contributed by atoms with van der Waals surface area (Å²) in [6.45, 7) is 0.677. The average Bonchev–Trinajstić information content (AvgIpc) is 2.59. The molecule has 5 nitrogen and oxygen atoms in total. The number of hydrazine groups is 2. The van der Waals surface area contributed by atoms with E-state index in [1.54, 1.807) is 0 Å². The molecule has 0 radical (unpaired) electrons. The van der Waals surface area contributed by atoms with Crippen LogP contribution in [0, 0.1) is 0 Å². The van der Waals surface area contributed by atoms with E-state index >= 15 is 0 Å². The summed E-state index contributed by atoms with van der Waals surface area (Å²) in [6.07, 6.45) is 0.813. The molecule has 0 fully saturated rings. The van der Waals surface area contributed by atoms with Gasteiger partial charge in [0.15, 0.2) is 0 Å². The van der Waals surface area contributed by atoms with Crippen molar-refractivity contribution in [2.45, 2.75) is 12.8 Å². The predicted octanol–water partition coefficient (Wildman–Crippen LogP) is 1.18. The number of hydrogen-bond donors (Lipinski definition) is 3. The standard InChI is InChI=1S/C8H13Br2N3O2/c9-4-6-7(5-10)13(12-11-6)3-1-2-8(14)15/h11-12H,1-5H2,(H,14,15). The van der Waals surface area contributed by atoms with Crippen molar-refractivity contribution in [2.75, 3.05) is 17.2 Å². The van der Waals surface area contributed by atoms with Crippen molar-refractivity contribution >= 4 is 37.8 Å². The summed E-state index contributed by atoms with van der Waals surface area (Å²) < 4.78 is 0. The molecular weight excluding hydrogens is 330 g/mol. The third-order valence-electron chi connectivity index (χ3n) is 2.05. The van der Waals surface area contributed by atoms with Gasteiger partial charge in [-0.1, -0.05) is 31.9 Å². The van der Waals surface area contributed by atoms with E-state index in [1.807, 2.05) is 5.01 Å². The van der Waals surface area contributed by atoms with Gasteiger partial charge in [-0.2, -0.15) is 0 Å². The lowest BCUT2D eigenvalue weighted by atomic mass is 10.3. The van der Waals surface area contributed by atoms with Gasteiger partial charge in [-0.3, -0.25) is 9.80 Å². The fraction of sp³-hybridized carbons (Fsp3) is 0.625. The van der Waals surface area contributed by atoms with E-state index in [4.69, 9.17) is 5.11 Å². The lowest BCUT2D eigenvalue weighted by molar-refractivity contribution is -0.137. The van der Waals surface area contributed by atoms with Crippen molar-refractivity contribution in [3.8, 4) is 0 Å². The van der Waals surface area contributed by atoms with Gasteiger partial charge in [0.2, 0.25) is 0 Å². The highest BCUT2D eigenvalue weighted by molar-refractivity contribution is 9.09. The topological polar surface area (TPSA) is 64.6 Å². The van der Waals surface area contributed by atoms with Crippen molar-refractivity contribution in [3.63, 3.8) is 0 Å². The molecule has 0 spiro atoms. The molecule has 0 aromatic rings. The first-order chi connectivity index (χ1) is 7.19. The molecule has 1 heterocycles. The number of aliphatic carboxylic acids is 1. The predicted molar refractivity (Wildman–Crippen MR) is 64.5 cm³/mol. The van der Waals surface area contributed by atoms with Gasteiger partial charge in [0.25, 0.3) is 0 Å². The summed E-state index contributed by atoms with van der Waals surface area (Å²) in [5.74, 6) is -0.757. The second-order valence-corrected chi connectivity index (χ2v) is 4.20. The molecule has 0 unspecified atom stereocenters. The molecule has 0 atom stereocenters. The lowest BCUT2D eigenvalue weighted by Crippen LogP contribution is -2.39. The maximum atomic E-state index is 10.4.